The zero-order valence-electron chi connectivity index (χ0n) is 17.8. The van der Waals surface area contributed by atoms with E-state index in [4.69, 9.17) is 5.73 Å². The van der Waals surface area contributed by atoms with Crippen LogP contribution in [0.2, 0.25) is 0 Å². The number of aliphatic imine (C=N–C) groups is 1. The number of likely N-dealkylation sites (tertiary alicyclic amines) is 1. The first-order chi connectivity index (χ1) is 15.1. The average Bonchev–Trinajstić information content (AvgIpc) is 2.83. The molecule has 0 radical (unpaired) electrons. The monoisotopic (exact) mass is 423 g/mol. The third kappa shape index (κ3) is 5.34. The predicted octanol–water partition coefficient (Wildman–Crippen LogP) is 3.09. The minimum absolute atomic E-state index is 0.119. The number of nitrogens with zero attached hydrogens (tertiary/aromatic N) is 4. The molecule has 0 atom stereocenters. The van der Waals surface area contributed by atoms with Crippen molar-refractivity contribution in [2.24, 2.45) is 10.7 Å². The summed E-state index contributed by atoms with van der Waals surface area (Å²) < 4.78 is 13.1. The maximum Gasteiger partial charge on any atom is 0.253 e. The van der Waals surface area contributed by atoms with Crippen LogP contribution in [-0.2, 0) is 6.54 Å². The molecule has 0 aromatic heterocycles. The Morgan fingerprint density at radius 2 is 1.48 bits per heavy atom. The number of carbonyl (C=O) groups is 1. The van der Waals surface area contributed by atoms with Gasteiger partial charge in [0.05, 0.1) is 6.54 Å². The van der Waals surface area contributed by atoms with Gasteiger partial charge in [0.15, 0.2) is 5.96 Å². The summed E-state index contributed by atoms with van der Waals surface area (Å²) >= 11 is 0. The van der Waals surface area contributed by atoms with Gasteiger partial charge in [-0.25, -0.2) is 9.38 Å². The molecule has 2 fully saturated rings. The van der Waals surface area contributed by atoms with Crippen LogP contribution < -0.4 is 10.6 Å². The van der Waals surface area contributed by atoms with Gasteiger partial charge < -0.3 is 20.4 Å². The first kappa shape index (κ1) is 21.2. The smallest absolute Gasteiger partial charge is 0.253 e. The average molecular weight is 424 g/mol. The zero-order valence-corrected chi connectivity index (χ0v) is 17.8. The van der Waals surface area contributed by atoms with Crippen LogP contribution in [0, 0.1) is 5.82 Å². The summed E-state index contributed by atoms with van der Waals surface area (Å²) in [5.74, 6) is 0.433. The molecule has 2 aromatic carbocycles. The van der Waals surface area contributed by atoms with Gasteiger partial charge in [-0.2, -0.15) is 0 Å². The number of amides is 1. The van der Waals surface area contributed by atoms with Crippen LogP contribution in [0.3, 0.4) is 0 Å². The largest absolute Gasteiger partial charge is 0.370 e. The fourth-order valence-corrected chi connectivity index (χ4v) is 4.15. The van der Waals surface area contributed by atoms with Crippen molar-refractivity contribution in [3.05, 3.63) is 65.5 Å². The molecule has 31 heavy (non-hydrogen) atoms. The van der Waals surface area contributed by atoms with Crippen molar-refractivity contribution >= 4 is 17.6 Å². The molecule has 6 nitrogen and oxygen atoms in total. The molecule has 0 saturated carbocycles. The molecule has 1 amide bonds. The topological polar surface area (TPSA) is 65.2 Å². The van der Waals surface area contributed by atoms with E-state index in [0.29, 0.717) is 12.5 Å². The molecule has 2 aromatic rings. The van der Waals surface area contributed by atoms with Crippen molar-refractivity contribution in [3.63, 3.8) is 0 Å². The maximum absolute atomic E-state index is 13.1. The molecular formula is C24H30FN5O. The Morgan fingerprint density at radius 1 is 0.839 bits per heavy atom. The molecule has 164 valence electrons. The highest BCUT2D eigenvalue weighted by Gasteiger charge is 2.19. The minimum Gasteiger partial charge on any atom is -0.370 e. The second kappa shape index (κ2) is 9.81. The number of halogens is 1. The number of hydrogen-bond donors (Lipinski definition) is 1. The molecule has 0 spiro atoms. The first-order valence-corrected chi connectivity index (χ1v) is 11.0. The maximum atomic E-state index is 13.1. The van der Waals surface area contributed by atoms with Gasteiger partial charge in [0.25, 0.3) is 5.91 Å². The van der Waals surface area contributed by atoms with Crippen LogP contribution in [0.5, 0.6) is 0 Å². The highest BCUT2D eigenvalue weighted by Crippen LogP contribution is 2.17. The second-order valence-electron chi connectivity index (χ2n) is 8.17. The number of guanidine groups is 1. The van der Waals surface area contributed by atoms with Gasteiger partial charge >= 0.3 is 0 Å². The molecule has 2 saturated heterocycles. The summed E-state index contributed by atoms with van der Waals surface area (Å²) in [5, 5.41) is 0. The van der Waals surface area contributed by atoms with E-state index < -0.39 is 0 Å². The van der Waals surface area contributed by atoms with Crippen molar-refractivity contribution < 1.29 is 9.18 Å². The SMILES string of the molecule is NC(=NCc1ccc(C(=O)N2CCCCC2)cc1)N1CCN(c2ccc(F)cc2)CC1. The number of carbonyl (C=O) groups excluding carboxylic acids is 1. The van der Waals surface area contributed by atoms with Gasteiger partial charge in [-0.05, 0) is 61.2 Å². The highest BCUT2D eigenvalue weighted by atomic mass is 19.1. The highest BCUT2D eigenvalue weighted by molar-refractivity contribution is 5.94. The van der Waals surface area contributed by atoms with E-state index in [9.17, 15) is 9.18 Å². The number of nitrogens with two attached hydrogens (primary N) is 1. The van der Waals surface area contributed by atoms with Gasteiger partial charge in [0, 0.05) is 50.5 Å². The van der Waals surface area contributed by atoms with E-state index >= 15 is 0 Å². The van der Waals surface area contributed by atoms with Crippen LogP contribution in [0.4, 0.5) is 10.1 Å². The number of piperazine rings is 1. The Morgan fingerprint density at radius 3 is 2.13 bits per heavy atom. The van der Waals surface area contributed by atoms with Gasteiger partial charge in [0.1, 0.15) is 5.82 Å². The number of piperidine rings is 1. The summed E-state index contributed by atoms with van der Waals surface area (Å²) in [5.41, 5.74) is 9.01. The summed E-state index contributed by atoms with van der Waals surface area (Å²) in [7, 11) is 0. The van der Waals surface area contributed by atoms with Crippen LogP contribution in [0.1, 0.15) is 35.2 Å². The minimum atomic E-state index is -0.220. The molecule has 2 heterocycles. The molecule has 2 N–H and O–H groups in total. The second-order valence-corrected chi connectivity index (χ2v) is 8.17. The van der Waals surface area contributed by atoms with Gasteiger partial charge in [-0.3, -0.25) is 4.79 Å². The van der Waals surface area contributed by atoms with Crippen molar-refractivity contribution in [2.75, 3.05) is 44.2 Å². The van der Waals surface area contributed by atoms with E-state index in [-0.39, 0.29) is 11.7 Å². The Kier molecular flexibility index (Phi) is 6.70. The predicted molar refractivity (Wildman–Crippen MR) is 122 cm³/mol. The third-order valence-corrected chi connectivity index (χ3v) is 6.06. The quantitative estimate of drug-likeness (QED) is 0.606. The normalized spacial score (nSPS) is 17.7. The van der Waals surface area contributed by atoms with Crippen LogP contribution in [-0.4, -0.2) is 60.9 Å². The standard InChI is InChI=1S/C24H30FN5O/c25-21-8-10-22(11-9-21)28-14-16-30(17-15-28)24(26)27-18-19-4-6-20(7-5-19)23(31)29-12-2-1-3-13-29/h4-11H,1-3,12-18H2,(H2,26,27). The fraction of sp³-hybridized carbons (Fsp3) is 0.417. The van der Waals surface area contributed by atoms with E-state index in [2.05, 4.69) is 14.8 Å². The molecule has 0 aliphatic carbocycles. The Balaban J connectivity index is 1.28. The van der Waals surface area contributed by atoms with Crippen LogP contribution in [0.15, 0.2) is 53.5 Å². The van der Waals surface area contributed by atoms with E-state index in [1.807, 2.05) is 41.3 Å². The van der Waals surface area contributed by atoms with Gasteiger partial charge in [-0.1, -0.05) is 12.1 Å². The molecular weight excluding hydrogens is 393 g/mol. The summed E-state index contributed by atoms with van der Waals surface area (Å²) in [6.07, 6.45) is 3.40. The van der Waals surface area contributed by atoms with Gasteiger partial charge in [0.2, 0.25) is 0 Å². The van der Waals surface area contributed by atoms with Crippen LogP contribution >= 0.6 is 0 Å². The van der Waals surface area contributed by atoms with Crippen LogP contribution in [0.25, 0.3) is 0 Å². The Bertz CT molecular complexity index is 899. The van der Waals surface area contributed by atoms with Crippen molar-refractivity contribution in [2.45, 2.75) is 25.8 Å². The lowest BCUT2D eigenvalue weighted by Gasteiger charge is -2.36. The Hall–Kier alpha value is -3.09. The third-order valence-electron chi connectivity index (χ3n) is 6.06. The fourth-order valence-electron chi connectivity index (χ4n) is 4.15. The molecule has 2 aliphatic heterocycles. The zero-order chi connectivity index (χ0) is 21.6. The number of benzene rings is 2. The lowest BCUT2D eigenvalue weighted by Crippen LogP contribution is -2.51. The lowest BCUT2D eigenvalue weighted by atomic mass is 10.1. The molecule has 4 rings (SSSR count). The van der Waals surface area contributed by atoms with E-state index in [0.717, 1.165) is 68.9 Å². The number of hydrogen-bond acceptors (Lipinski definition) is 3. The lowest BCUT2D eigenvalue weighted by molar-refractivity contribution is 0.0724. The first-order valence-electron chi connectivity index (χ1n) is 11.0. The van der Waals surface area contributed by atoms with Crippen molar-refractivity contribution in [1.82, 2.24) is 9.80 Å². The summed E-state index contributed by atoms with van der Waals surface area (Å²) in [6.45, 7) is 5.38. The summed E-state index contributed by atoms with van der Waals surface area (Å²) in [6, 6.07) is 14.3. The van der Waals surface area contributed by atoms with E-state index in [1.165, 1.54) is 18.6 Å². The van der Waals surface area contributed by atoms with Crippen molar-refractivity contribution in [1.29, 1.82) is 0 Å². The molecule has 7 heteroatoms. The summed E-state index contributed by atoms with van der Waals surface area (Å²) in [4.78, 5) is 23.4. The Labute approximate surface area is 183 Å². The number of rotatable bonds is 4. The van der Waals surface area contributed by atoms with E-state index in [1.54, 1.807) is 0 Å². The number of anilines is 1. The molecule has 0 bridgehead atoms. The molecule has 0 unspecified atom stereocenters. The molecule has 2 aliphatic rings. The van der Waals surface area contributed by atoms with Crippen molar-refractivity contribution in [3.8, 4) is 0 Å². The van der Waals surface area contributed by atoms with Gasteiger partial charge in [-0.15, -0.1) is 0 Å².